The van der Waals surface area contributed by atoms with E-state index in [4.69, 9.17) is 4.98 Å². The summed E-state index contributed by atoms with van der Waals surface area (Å²) in [7, 11) is 0. The highest BCUT2D eigenvalue weighted by Crippen LogP contribution is 2.31. The van der Waals surface area contributed by atoms with Crippen LogP contribution in [0.15, 0.2) is 43.2 Å². The number of pyridine rings is 2. The molecule has 1 fully saturated rings. The van der Waals surface area contributed by atoms with Crippen LogP contribution in [0.25, 0.3) is 44.8 Å². The molecule has 2 N–H and O–H groups in total. The van der Waals surface area contributed by atoms with Crippen LogP contribution in [0.1, 0.15) is 19.3 Å². The summed E-state index contributed by atoms with van der Waals surface area (Å²) in [6.45, 7) is 2.12. The largest absolute Gasteiger partial charge is 0.370 e. The number of imidazole rings is 1. The molecule has 5 aromatic heterocycles. The van der Waals surface area contributed by atoms with E-state index in [0.717, 1.165) is 52.1 Å². The normalized spacial score (nSPS) is 14.6. The van der Waals surface area contributed by atoms with Crippen LogP contribution in [-0.4, -0.2) is 53.2 Å². The fourth-order valence-corrected chi connectivity index (χ4v) is 4.09. The number of H-pyrrole nitrogens is 2. The minimum Gasteiger partial charge on any atom is -0.370 e. The van der Waals surface area contributed by atoms with E-state index in [0.29, 0.717) is 11.5 Å². The van der Waals surface area contributed by atoms with Gasteiger partial charge in [-0.3, -0.25) is 10.1 Å². The van der Waals surface area contributed by atoms with Crippen LogP contribution in [0, 0.1) is 0 Å². The molecule has 0 radical (unpaired) electrons. The number of nitrogens with one attached hydrogen (secondary N) is 2. The lowest BCUT2D eigenvalue weighted by Gasteiger charge is -2.28. The number of rotatable bonds is 3. The van der Waals surface area contributed by atoms with Gasteiger partial charge in [0.15, 0.2) is 11.5 Å². The molecular weight excluding hydrogens is 378 g/mol. The first-order chi connectivity index (χ1) is 14.9. The van der Waals surface area contributed by atoms with E-state index < -0.39 is 0 Å². The minimum absolute atomic E-state index is 0.690. The Balaban J connectivity index is 1.47. The highest BCUT2D eigenvalue weighted by Gasteiger charge is 2.19. The van der Waals surface area contributed by atoms with Crippen molar-refractivity contribution in [2.45, 2.75) is 19.3 Å². The van der Waals surface area contributed by atoms with E-state index >= 15 is 0 Å². The second-order valence-corrected chi connectivity index (χ2v) is 7.48. The molecule has 0 amide bonds. The van der Waals surface area contributed by atoms with Gasteiger partial charge in [0, 0.05) is 42.6 Å². The van der Waals surface area contributed by atoms with Crippen LogP contribution in [-0.2, 0) is 0 Å². The molecule has 1 aliphatic heterocycles. The fourth-order valence-electron chi connectivity index (χ4n) is 4.09. The molecule has 5 aromatic rings. The monoisotopic (exact) mass is 397 g/mol. The molecule has 0 aromatic carbocycles. The number of anilines is 1. The summed E-state index contributed by atoms with van der Waals surface area (Å²) in [6, 6.07) is 4.05. The quantitative estimate of drug-likeness (QED) is 0.480. The molecule has 30 heavy (non-hydrogen) atoms. The maximum atomic E-state index is 4.74. The van der Waals surface area contributed by atoms with Crippen molar-refractivity contribution >= 4 is 27.8 Å². The Hall–Kier alpha value is -3.88. The molecule has 1 aliphatic rings. The van der Waals surface area contributed by atoms with Gasteiger partial charge in [0.05, 0.1) is 23.1 Å². The van der Waals surface area contributed by atoms with E-state index in [9.17, 15) is 0 Å². The summed E-state index contributed by atoms with van der Waals surface area (Å²) in [5.41, 5.74) is 6.04. The van der Waals surface area contributed by atoms with E-state index in [1.54, 1.807) is 18.6 Å². The first-order valence-corrected chi connectivity index (χ1v) is 10.1. The van der Waals surface area contributed by atoms with Gasteiger partial charge in [-0.1, -0.05) is 0 Å². The number of nitrogens with zero attached hydrogens (tertiary/aromatic N) is 7. The van der Waals surface area contributed by atoms with Crippen molar-refractivity contribution in [1.82, 2.24) is 40.1 Å². The second-order valence-electron chi connectivity index (χ2n) is 7.48. The molecule has 148 valence electrons. The number of aromatic amines is 2. The van der Waals surface area contributed by atoms with Gasteiger partial charge in [-0.2, -0.15) is 5.10 Å². The van der Waals surface area contributed by atoms with Gasteiger partial charge in [0.25, 0.3) is 0 Å². The van der Waals surface area contributed by atoms with E-state index in [-0.39, 0.29) is 0 Å². The summed E-state index contributed by atoms with van der Waals surface area (Å²) < 4.78 is 0. The smallest absolute Gasteiger partial charge is 0.180 e. The van der Waals surface area contributed by atoms with Crippen molar-refractivity contribution in [3.8, 4) is 22.8 Å². The van der Waals surface area contributed by atoms with Gasteiger partial charge >= 0.3 is 0 Å². The maximum absolute atomic E-state index is 4.74. The van der Waals surface area contributed by atoms with Crippen molar-refractivity contribution in [2.24, 2.45) is 0 Å². The lowest BCUT2D eigenvalue weighted by molar-refractivity contribution is 0.578. The van der Waals surface area contributed by atoms with Crippen molar-refractivity contribution in [2.75, 3.05) is 18.0 Å². The highest BCUT2D eigenvalue weighted by molar-refractivity contribution is 5.95. The third-order valence-corrected chi connectivity index (χ3v) is 5.59. The number of hydrogen-bond donors (Lipinski definition) is 2. The minimum atomic E-state index is 0.690. The van der Waals surface area contributed by atoms with E-state index in [1.807, 2.05) is 12.3 Å². The average molecular weight is 397 g/mol. The Kier molecular flexibility index (Phi) is 3.90. The molecule has 0 bridgehead atoms. The molecule has 0 aliphatic carbocycles. The first kappa shape index (κ1) is 17.0. The zero-order valence-electron chi connectivity index (χ0n) is 16.2. The number of aromatic nitrogens is 8. The van der Waals surface area contributed by atoms with Crippen LogP contribution < -0.4 is 4.90 Å². The zero-order chi connectivity index (χ0) is 19.9. The molecule has 0 unspecified atom stereocenters. The Morgan fingerprint density at radius 1 is 0.967 bits per heavy atom. The lowest BCUT2D eigenvalue weighted by atomic mass is 10.1. The maximum Gasteiger partial charge on any atom is 0.180 e. The molecular formula is C21H19N9. The number of hydrogen-bond acceptors (Lipinski definition) is 7. The Labute approximate surface area is 171 Å². The Morgan fingerprint density at radius 3 is 2.70 bits per heavy atom. The summed E-state index contributed by atoms with van der Waals surface area (Å²) in [4.78, 5) is 27.8. The Bertz CT molecular complexity index is 1330. The van der Waals surface area contributed by atoms with Crippen LogP contribution in [0.5, 0.6) is 0 Å². The van der Waals surface area contributed by atoms with Crippen LogP contribution in [0.4, 0.5) is 5.69 Å². The standard InChI is InChI=1S/C21H19N9/c1-2-6-30(7-3-1)17-4-5-24-20-19(17)26-21(27-20)18-14-8-15(13-9-22-12-23-10-13)25-11-16(14)28-29-18/h4-5,8-12H,1-3,6-7H2,(H,28,29)(H,24,26,27). The van der Waals surface area contributed by atoms with Gasteiger partial charge < -0.3 is 9.88 Å². The van der Waals surface area contributed by atoms with Gasteiger partial charge in [-0.05, 0) is 31.4 Å². The molecule has 0 atom stereocenters. The third-order valence-electron chi connectivity index (χ3n) is 5.59. The van der Waals surface area contributed by atoms with Crippen LogP contribution >= 0.6 is 0 Å². The first-order valence-electron chi connectivity index (χ1n) is 10.1. The van der Waals surface area contributed by atoms with Gasteiger partial charge in [0.2, 0.25) is 0 Å². The second kappa shape index (κ2) is 6.87. The molecule has 9 heteroatoms. The highest BCUT2D eigenvalue weighted by atomic mass is 15.2. The summed E-state index contributed by atoms with van der Waals surface area (Å²) >= 11 is 0. The molecule has 6 heterocycles. The van der Waals surface area contributed by atoms with Crippen molar-refractivity contribution in [1.29, 1.82) is 0 Å². The lowest BCUT2D eigenvalue weighted by Crippen LogP contribution is -2.29. The molecule has 0 saturated carbocycles. The average Bonchev–Trinajstić information content (AvgIpc) is 3.43. The summed E-state index contributed by atoms with van der Waals surface area (Å²) in [5.74, 6) is 0.690. The summed E-state index contributed by atoms with van der Waals surface area (Å²) in [6.07, 6.45) is 12.3. The number of piperidine rings is 1. The topological polar surface area (TPSA) is 112 Å². The van der Waals surface area contributed by atoms with Gasteiger partial charge in [0.1, 0.15) is 17.5 Å². The SMILES string of the molecule is c1ncc(-c2cc3c(-c4nc5nccc(N6CCCCC6)c5[nH]4)n[nH]c3cn2)cn1. The van der Waals surface area contributed by atoms with Crippen molar-refractivity contribution in [3.05, 3.63) is 43.2 Å². The van der Waals surface area contributed by atoms with E-state index in [2.05, 4.69) is 46.1 Å². The zero-order valence-corrected chi connectivity index (χ0v) is 16.2. The Morgan fingerprint density at radius 2 is 1.83 bits per heavy atom. The third kappa shape index (κ3) is 2.78. The van der Waals surface area contributed by atoms with Crippen molar-refractivity contribution < 1.29 is 0 Å². The summed E-state index contributed by atoms with van der Waals surface area (Å²) in [5, 5.41) is 8.49. The van der Waals surface area contributed by atoms with Crippen LogP contribution in [0.2, 0.25) is 0 Å². The fraction of sp³-hybridized carbons (Fsp3) is 0.238. The van der Waals surface area contributed by atoms with Gasteiger partial charge in [-0.15, -0.1) is 0 Å². The van der Waals surface area contributed by atoms with Crippen LogP contribution in [0.3, 0.4) is 0 Å². The number of fused-ring (bicyclic) bond motifs is 2. The van der Waals surface area contributed by atoms with Gasteiger partial charge in [-0.25, -0.2) is 19.9 Å². The molecule has 1 saturated heterocycles. The predicted octanol–water partition coefficient (Wildman–Crippen LogP) is 3.34. The van der Waals surface area contributed by atoms with E-state index in [1.165, 1.54) is 25.6 Å². The molecule has 6 rings (SSSR count). The van der Waals surface area contributed by atoms with Crippen molar-refractivity contribution in [3.63, 3.8) is 0 Å². The predicted molar refractivity (Wildman–Crippen MR) is 114 cm³/mol. The molecule has 0 spiro atoms. The molecule has 9 nitrogen and oxygen atoms in total.